The van der Waals surface area contributed by atoms with Crippen molar-refractivity contribution in [1.82, 2.24) is 19.4 Å². The predicted octanol–water partition coefficient (Wildman–Crippen LogP) is 3.42. The van der Waals surface area contributed by atoms with E-state index in [4.69, 9.17) is 4.74 Å². The van der Waals surface area contributed by atoms with Crippen molar-refractivity contribution in [2.75, 3.05) is 13.1 Å². The molecule has 0 spiro atoms. The molecular formula is C28H34N4O4. The van der Waals surface area contributed by atoms with Crippen LogP contribution in [0.2, 0.25) is 0 Å². The summed E-state index contributed by atoms with van der Waals surface area (Å²) in [6, 6.07) is 12.7. The largest absolute Gasteiger partial charge is 0.444 e. The highest BCUT2D eigenvalue weighted by Gasteiger charge is 2.39. The van der Waals surface area contributed by atoms with Gasteiger partial charge in [0.1, 0.15) is 11.6 Å². The van der Waals surface area contributed by atoms with Crippen LogP contribution >= 0.6 is 0 Å². The van der Waals surface area contributed by atoms with Gasteiger partial charge in [0.15, 0.2) is 0 Å². The van der Waals surface area contributed by atoms with Gasteiger partial charge >= 0.3 is 6.09 Å². The average Bonchev–Trinajstić information content (AvgIpc) is 3.13. The molecule has 3 atom stereocenters. The van der Waals surface area contributed by atoms with Crippen molar-refractivity contribution < 1.29 is 14.3 Å². The number of aromatic nitrogens is 2. The zero-order valence-corrected chi connectivity index (χ0v) is 21.4. The van der Waals surface area contributed by atoms with Crippen LogP contribution < -0.4 is 10.9 Å². The van der Waals surface area contributed by atoms with Crippen LogP contribution in [0.1, 0.15) is 44.4 Å². The molecule has 190 valence electrons. The molecule has 1 fully saturated rings. The Bertz CT molecular complexity index is 1370. The lowest BCUT2D eigenvalue weighted by Gasteiger charge is -2.43. The molecule has 2 amide bonds. The van der Waals surface area contributed by atoms with E-state index in [0.29, 0.717) is 26.1 Å². The van der Waals surface area contributed by atoms with Gasteiger partial charge in [0.25, 0.3) is 5.56 Å². The maximum Gasteiger partial charge on any atom is 0.408 e. The summed E-state index contributed by atoms with van der Waals surface area (Å²) in [5.74, 6) is 0.199. The molecule has 0 saturated carbocycles. The molecule has 3 unspecified atom stereocenters. The quantitative estimate of drug-likeness (QED) is 0.607. The fraction of sp³-hybridized carbons (Fsp3) is 0.464. The van der Waals surface area contributed by atoms with Gasteiger partial charge in [-0.2, -0.15) is 0 Å². The van der Waals surface area contributed by atoms with Crippen LogP contribution in [0.25, 0.3) is 10.9 Å². The highest BCUT2D eigenvalue weighted by molar-refractivity contribution is 5.89. The Labute approximate surface area is 210 Å². The zero-order chi connectivity index (χ0) is 25.6. The maximum atomic E-state index is 13.9. The molecule has 5 rings (SSSR count). The third kappa shape index (κ3) is 4.76. The number of nitrogens with one attached hydrogen (secondary N) is 1. The Morgan fingerprint density at radius 2 is 1.86 bits per heavy atom. The first-order chi connectivity index (χ1) is 17.1. The number of hydrogen-bond acceptors (Lipinski definition) is 4. The molecule has 1 saturated heterocycles. The van der Waals surface area contributed by atoms with Crippen molar-refractivity contribution >= 4 is 22.9 Å². The minimum Gasteiger partial charge on any atom is -0.444 e. The number of rotatable bonds is 4. The summed E-state index contributed by atoms with van der Waals surface area (Å²) in [5.41, 5.74) is 2.41. The van der Waals surface area contributed by atoms with Gasteiger partial charge in [-0.3, -0.25) is 9.59 Å². The van der Waals surface area contributed by atoms with E-state index < -0.39 is 17.7 Å². The summed E-state index contributed by atoms with van der Waals surface area (Å²) in [5, 5.41) is 3.93. The summed E-state index contributed by atoms with van der Waals surface area (Å²) in [7, 11) is 1.98. The smallest absolute Gasteiger partial charge is 0.408 e. The highest BCUT2D eigenvalue weighted by Crippen LogP contribution is 2.35. The van der Waals surface area contributed by atoms with Gasteiger partial charge in [-0.1, -0.05) is 24.3 Å². The summed E-state index contributed by atoms with van der Waals surface area (Å²) < 4.78 is 9.40. The normalized spacial score (nSPS) is 20.1. The van der Waals surface area contributed by atoms with Crippen LogP contribution in [0.15, 0.2) is 53.5 Å². The van der Waals surface area contributed by atoms with E-state index in [1.54, 1.807) is 32.9 Å². The topological polar surface area (TPSA) is 85.6 Å². The second-order valence-electron chi connectivity index (χ2n) is 11.1. The molecular weight excluding hydrogens is 456 g/mol. The lowest BCUT2D eigenvalue weighted by Crippen LogP contribution is -2.55. The second-order valence-corrected chi connectivity index (χ2v) is 11.1. The van der Waals surface area contributed by atoms with E-state index in [-0.39, 0.29) is 23.3 Å². The molecule has 4 heterocycles. The summed E-state index contributed by atoms with van der Waals surface area (Å²) in [6.45, 7) is 7.12. The highest BCUT2D eigenvalue weighted by atomic mass is 16.6. The van der Waals surface area contributed by atoms with Gasteiger partial charge < -0.3 is 24.1 Å². The molecule has 1 aromatic carbocycles. The van der Waals surface area contributed by atoms with Crippen molar-refractivity contribution in [3.05, 3.63) is 70.3 Å². The number of hydrogen-bond donors (Lipinski definition) is 1. The zero-order valence-electron chi connectivity index (χ0n) is 21.4. The number of aryl methyl sites for hydroxylation is 1. The summed E-state index contributed by atoms with van der Waals surface area (Å²) in [6.07, 6.45) is 2.74. The number of nitrogens with zero attached hydrogens (tertiary/aromatic N) is 3. The average molecular weight is 491 g/mol. The van der Waals surface area contributed by atoms with Crippen LogP contribution in [0.4, 0.5) is 4.79 Å². The van der Waals surface area contributed by atoms with Gasteiger partial charge in [0.2, 0.25) is 5.91 Å². The first kappa shape index (κ1) is 24.2. The molecule has 2 bridgehead atoms. The Morgan fingerprint density at radius 1 is 1.08 bits per heavy atom. The van der Waals surface area contributed by atoms with Crippen molar-refractivity contribution in [1.29, 1.82) is 0 Å². The number of carbonyl (C=O) groups excluding carboxylic acids is 2. The van der Waals surface area contributed by atoms with Crippen LogP contribution in [-0.2, 0) is 29.5 Å². The van der Waals surface area contributed by atoms with E-state index >= 15 is 0 Å². The van der Waals surface area contributed by atoms with Crippen molar-refractivity contribution in [2.45, 2.75) is 57.7 Å². The SMILES string of the molecule is Cn1cc(CC(NC(=O)OC(C)(C)C)C(=O)N2CC3CC(C2)c2cccc(=O)n2C3)c2ccccc21. The number of likely N-dealkylation sites (tertiary alicyclic amines) is 1. The number of amides is 2. The Morgan fingerprint density at radius 3 is 2.64 bits per heavy atom. The molecule has 0 radical (unpaired) electrons. The first-order valence-electron chi connectivity index (χ1n) is 12.6. The first-order valence-corrected chi connectivity index (χ1v) is 12.6. The Hall–Kier alpha value is -3.55. The number of piperidine rings is 1. The number of benzene rings is 1. The number of para-hydroxylation sites is 1. The van der Waals surface area contributed by atoms with Gasteiger partial charge in [0, 0.05) is 67.9 Å². The molecule has 2 aliphatic heterocycles. The maximum absolute atomic E-state index is 13.9. The van der Waals surface area contributed by atoms with Gasteiger partial charge in [0.05, 0.1) is 0 Å². The Kier molecular flexibility index (Phi) is 6.14. The number of ether oxygens (including phenoxy) is 1. The fourth-order valence-corrected chi connectivity index (χ4v) is 5.75. The second kappa shape index (κ2) is 9.15. The number of alkyl carbamates (subject to hydrolysis) is 1. The number of fused-ring (bicyclic) bond motifs is 5. The lowest BCUT2D eigenvalue weighted by atomic mass is 9.83. The van der Waals surface area contributed by atoms with Gasteiger partial charge in [-0.05, 0) is 50.8 Å². The molecule has 1 N–H and O–H groups in total. The standard InChI is InChI=1S/C28H34N4O4/c1-28(2,3)36-27(35)29-22(13-19-16-30(4)24-9-6-5-8-21(19)24)26(34)31-14-18-12-20(17-31)23-10-7-11-25(33)32(23)15-18/h5-11,16,18,20,22H,12-15,17H2,1-4H3,(H,29,35). The van der Waals surface area contributed by atoms with Crippen LogP contribution in [0.5, 0.6) is 0 Å². The number of pyridine rings is 1. The van der Waals surface area contributed by atoms with E-state index in [1.165, 1.54) is 0 Å². The minimum absolute atomic E-state index is 0.0161. The van der Waals surface area contributed by atoms with E-state index in [2.05, 4.69) is 5.32 Å². The van der Waals surface area contributed by atoms with Crippen LogP contribution in [0.3, 0.4) is 0 Å². The van der Waals surface area contributed by atoms with Crippen molar-refractivity contribution in [3.8, 4) is 0 Å². The van der Waals surface area contributed by atoms with Crippen molar-refractivity contribution in [3.63, 3.8) is 0 Å². The van der Waals surface area contributed by atoms with E-state index in [0.717, 1.165) is 28.6 Å². The van der Waals surface area contributed by atoms with Crippen molar-refractivity contribution in [2.24, 2.45) is 13.0 Å². The van der Waals surface area contributed by atoms with E-state index in [1.807, 2.05) is 57.6 Å². The fourth-order valence-electron chi connectivity index (χ4n) is 5.75. The summed E-state index contributed by atoms with van der Waals surface area (Å²) >= 11 is 0. The molecule has 2 aliphatic rings. The van der Waals surface area contributed by atoms with Crippen LogP contribution in [0, 0.1) is 5.92 Å². The number of carbonyl (C=O) groups is 2. The Balaban J connectivity index is 1.42. The van der Waals surface area contributed by atoms with Gasteiger partial charge in [-0.15, -0.1) is 0 Å². The molecule has 36 heavy (non-hydrogen) atoms. The molecule has 3 aromatic rings. The minimum atomic E-state index is -0.762. The third-order valence-corrected chi connectivity index (χ3v) is 7.18. The summed E-state index contributed by atoms with van der Waals surface area (Å²) in [4.78, 5) is 41.0. The van der Waals surface area contributed by atoms with Gasteiger partial charge in [-0.25, -0.2) is 4.79 Å². The predicted molar refractivity (Wildman–Crippen MR) is 138 cm³/mol. The molecule has 0 aliphatic carbocycles. The molecule has 8 nitrogen and oxygen atoms in total. The third-order valence-electron chi connectivity index (χ3n) is 7.18. The molecule has 8 heteroatoms. The molecule has 2 aromatic heterocycles. The van der Waals surface area contributed by atoms with Crippen LogP contribution in [-0.4, -0.2) is 50.8 Å². The monoisotopic (exact) mass is 490 g/mol. The van der Waals surface area contributed by atoms with E-state index in [9.17, 15) is 14.4 Å². The lowest BCUT2D eigenvalue weighted by molar-refractivity contribution is -0.136.